The van der Waals surface area contributed by atoms with Gasteiger partial charge in [0.2, 0.25) is 0 Å². The number of aromatic nitrogens is 1. The summed E-state index contributed by atoms with van der Waals surface area (Å²) in [7, 11) is 0. The Morgan fingerprint density at radius 1 is 1.39 bits per heavy atom. The Balaban J connectivity index is 1.86. The van der Waals surface area contributed by atoms with Crippen molar-refractivity contribution < 1.29 is 18.7 Å². The number of carbonyl (C=O) groups is 1. The molecule has 0 spiro atoms. The third-order valence-corrected chi connectivity index (χ3v) is 5.99. The molecule has 2 heterocycles. The van der Waals surface area contributed by atoms with E-state index < -0.39 is 23.1 Å². The lowest BCUT2D eigenvalue weighted by molar-refractivity contribution is -0.114. The molecule has 0 bridgehead atoms. The van der Waals surface area contributed by atoms with Gasteiger partial charge >= 0.3 is 0 Å². The number of benzene rings is 1. The van der Waals surface area contributed by atoms with Crippen molar-refractivity contribution in [3.8, 4) is 0 Å². The van der Waals surface area contributed by atoms with E-state index in [1.807, 2.05) is 13.8 Å². The summed E-state index contributed by atoms with van der Waals surface area (Å²) in [6, 6.07) is 5.22. The van der Waals surface area contributed by atoms with Crippen LogP contribution in [0.5, 0.6) is 0 Å². The fraction of sp³-hybridized carbons (Fsp3) is 0.348. The van der Waals surface area contributed by atoms with Gasteiger partial charge in [-0.05, 0) is 25.5 Å². The van der Waals surface area contributed by atoms with Crippen molar-refractivity contribution in [2.75, 3.05) is 23.4 Å². The van der Waals surface area contributed by atoms with Crippen LogP contribution in [0.15, 0.2) is 47.2 Å². The van der Waals surface area contributed by atoms with E-state index in [2.05, 4.69) is 15.3 Å². The van der Waals surface area contributed by atoms with E-state index in [0.29, 0.717) is 30.1 Å². The summed E-state index contributed by atoms with van der Waals surface area (Å²) in [5.41, 5.74) is 5.88. The SMILES string of the molecule is CCC(C)(CO)Nc1cc(N2CCC(=NCc3c(F)cccc3F)/C(=C\N)C2=O)c(Cl)cn1. The summed E-state index contributed by atoms with van der Waals surface area (Å²) in [5, 5.41) is 13.1. The van der Waals surface area contributed by atoms with Crippen LogP contribution in [-0.2, 0) is 11.3 Å². The maximum atomic E-state index is 13.9. The third kappa shape index (κ3) is 5.31. The average Bonchev–Trinajstić information content (AvgIpc) is 2.80. The Labute approximate surface area is 196 Å². The highest BCUT2D eigenvalue weighted by Crippen LogP contribution is 2.32. The normalized spacial score (nSPS) is 18.6. The number of halogens is 3. The number of aliphatic hydroxyl groups excluding tert-OH is 1. The maximum absolute atomic E-state index is 13.9. The molecule has 2 aromatic rings. The molecule has 0 saturated carbocycles. The summed E-state index contributed by atoms with van der Waals surface area (Å²) >= 11 is 6.34. The Bertz CT molecular complexity index is 1080. The van der Waals surface area contributed by atoms with Gasteiger partial charge in [0.25, 0.3) is 5.91 Å². The molecule has 1 aromatic carbocycles. The maximum Gasteiger partial charge on any atom is 0.261 e. The van der Waals surface area contributed by atoms with Crippen LogP contribution in [0.4, 0.5) is 20.3 Å². The first-order valence-electron chi connectivity index (χ1n) is 10.5. The molecule has 1 atom stereocenters. The number of carbonyl (C=O) groups excluding carboxylic acids is 1. The van der Waals surface area contributed by atoms with E-state index in [1.165, 1.54) is 17.2 Å². The number of pyridine rings is 1. The van der Waals surface area contributed by atoms with Crippen molar-refractivity contribution >= 4 is 34.7 Å². The molecule has 7 nitrogen and oxygen atoms in total. The number of hydrogen-bond donors (Lipinski definition) is 3. The second-order valence-electron chi connectivity index (χ2n) is 7.97. The van der Waals surface area contributed by atoms with Crippen LogP contribution in [0.3, 0.4) is 0 Å². The van der Waals surface area contributed by atoms with Crippen molar-refractivity contribution in [3.05, 3.63) is 64.5 Å². The van der Waals surface area contributed by atoms with Gasteiger partial charge in [-0.25, -0.2) is 13.8 Å². The summed E-state index contributed by atoms with van der Waals surface area (Å²) in [6.07, 6.45) is 3.53. The number of piperidine rings is 1. The average molecular weight is 478 g/mol. The van der Waals surface area contributed by atoms with Crippen molar-refractivity contribution in [1.82, 2.24) is 4.98 Å². The summed E-state index contributed by atoms with van der Waals surface area (Å²) < 4.78 is 27.9. The minimum atomic E-state index is -0.702. The van der Waals surface area contributed by atoms with Gasteiger partial charge < -0.3 is 21.1 Å². The van der Waals surface area contributed by atoms with Crippen LogP contribution < -0.4 is 16.0 Å². The zero-order valence-corrected chi connectivity index (χ0v) is 19.2. The minimum Gasteiger partial charge on any atom is -0.404 e. The van der Waals surface area contributed by atoms with Gasteiger partial charge in [0.15, 0.2) is 0 Å². The van der Waals surface area contributed by atoms with E-state index in [-0.39, 0.29) is 35.9 Å². The molecule has 4 N–H and O–H groups in total. The molecule has 10 heteroatoms. The number of aliphatic hydroxyl groups is 1. The van der Waals surface area contributed by atoms with Crippen LogP contribution in [0.25, 0.3) is 0 Å². The van der Waals surface area contributed by atoms with Crippen molar-refractivity contribution in [3.63, 3.8) is 0 Å². The largest absolute Gasteiger partial charge is 0.404 e. The highest BCUT2D eigenvalue weighted by molar-refractivity contribution is 6.35. The molecule has 1 aliphatic heterocycles. The number of amides is 1. The molecular weight excluding hydrogens is 452 g/mol. The van der Waals surface area contributed by atoms with E-state index in [4.69, 9.17) is 17.3 Å². The summed E-state index contributed by atoms with van der Waals surface area (Å²) in [5.74, 6) is -1.39. The van der Waals surface area contributed by atoms with Gasteiger partial charge in [-0.2, -0.15) is 0 Å². The molecule has 0 aliphatic carbocycles. The molecule has 0 radical (unpaired) electrons. The predicted molar refractivity (Wildman–Crippen MR) is 125 cm³/mol. The Kier molecular flexibility index (Phi) is 7.65. The van der Waals surface area contributed by atoms with Crippen molar-refractivity contribution in [2.24, 2.45) is 10.7 Å². The molecule has 176 valence electrons. The fourth-order valence-electron chi connectivity index (χ4n) is 3.39. The second kappa shape index (κ2) is 10.3. The Hall–Kier alpha value is -3.04. The molecule has 3 rings (SSSR count). The molecule has 33 heavy (non-hydrogen) atoms. The first kappa shape index (κ1) is 24.6. The Morgan fingerprint density at radius 2 is 2.09 bits per heavy atom. The quantitative estimate of drug-likeness (QED) is 0.526. The van der Waals surface area contributed by atoms with Crippen LogP contribution in [0.1, 0.15) is 32.3 Å². The molecule has 1 fully saturated rings. The van der Waals surface area contributed by atoms with Gasteiger partial charge in [0.05, 0.1) is 46.9 Å². The first-order chi connectivity index (χ1) is 15.7. The Morgan fingerprint density at radius 3 is 2.70 bits per heavy atom. The van der Waals surface area contributed by atoms with E-state index in [9.17, 15) is 18.7 Å². The highest BCUT2D eigenvalue weighted by atomic mass is 35.5. The fourth-order valence-corrected chi connectivity index (χ4v) is 3.60. The molecule has 1 saturated heterocycles. The van der Waals surface area contributed by atoms with Crippen LogP contribution in [-0.4, -0.2) is 40.4 Å². The zero-order valence-electron chi connectivity index (χ0n) is 18.4. The van der Waals surface area contributed by atoms with Crippen molar-refractivity contribution in [1.29, 1.82) is 0 Å². The van der Waals surface area contributed by atoms with Gasteiger partial charge in [-0.1, -0.05) is 24.6 Å². The molecule has 1 amide bonds. The predicted octanol–water partition coefficient (Wildman–Crippen LogP) is 3.81. The smallest absolute Gasteiger partial charge is 0.261 e. The number of anilines is 2. The zero-order chi connectivity index (χ0) is 24.2. The van der Waals surface area contributed by atoms with Crippen LogP contribution >= 0.6 is 11.6 Å². The van der Waals surface area contributed by atoms with Crippen molar-refractivity contribution in [2.45, 2.75) is 38.8 Å². The monoisotopic (exact) mass is 477 g/mol. The molecule has 1 aromatic heterocycles. The van der Waals surface area contributed by atoms with E-state index in [0.717, 1.165) is 18.3 Å². The van der Waals surface area contributed by atoms with Gasteiger partial charge in [0.1, 0.15) is 17.5 Å². The summed E-state index contributed by atoms with van der Waals surface area (Å²) in [4.78, 5) is 23.2. The lowest BCUT2D eigenvalue weighted by Crippen LogP contribution is -2.42. The van der Waals surface area contributed by atoms with Crippen LogP contribution in [0, 0.1) is 11.6 Å². The second-order valence-corrected chi connectivity index (χ2v) is 8.38. The number of rotatable bonds is 7. The summed E-state index contributed by atoms with van der Waals surface area (Å²) in [6.45, 7) is 3.67. The van der Waals surface area contributed by atoms with E-state index >= 15 is 0 Å². The minimum absolute atomic E-state index is 0.103. The standard InChI is InChI=1S/C23H26ClF2N5O2/c1-3-23(2,13-32)30-21-9-20(16(24)12-29-21)31-8-7-19(14(10-27)22(31)33)28-11-15-17(25)5-4-6-18(15)26/h4-6,9-10,12,32H,3,7-8,11,13,27H2,1-2H3,(H,29,30)/b14-10+,28-19?. The van der Waals surface area contributed by atoms with E-state index in [1.54, 1.807) is 6.07 Å². The lowest BCUT2D eigenvalue weighted by atomic mass is 10.00. The topological polar surface area (TPSA) is 104 Å². The number of hydrogen-bond acceptors (Lipinski definition) is 6. The number of nitrogens with zero attached hydrogens (tertiary/aromatic N) is 3. The van der Waals surface area contributed by atoms with Gasteiger partial charge in [0, 0.05) is 30.8 Å². The number of aliphatic imine (C=N–C) groups is 1. The third-order valence-electron chi connectivity index (χ3n) is 5.70. The first-order valence-corrected chi connectivity index (χ1v) is 10.9. The highest BCUT2D eigenvalue weighted by Gasteiger charge is 2.31. The molecule has 1 unspecified atom stereocenters. The number of nitrogens with two attached hydrogens (primary N) is 1. The van der Waals surface area contributed by atoms with Gasteiger partial charge in [-0.15, -0.1) is 0 Å². The molecule has 1 aliphatic rings. The molecular formula is C23H26ClF2N5O2. The van der Waals surface area contributed by atoms with Gasteiger partial charge in [-0.3, -0.25) is 9.79 Å². The lowest BCUT2D eigenvalue weighted by Gasteiger charge is -2.31. The van der Waals surface area contributed by atoms with Crippen LogP contribution in [0.2, 0.25) is 5.02 Å². The number of nitrogens with one attached hydrogen (secondary N) is 1.